The molecule has 3 rings (SSSR count). The maximum Gasteiger partial charge on any atom is 0.238 e. The van der Waals surface area contributed by atoms with Crippen LogP contribution in [0.3, 0.4) is 0 Å². The summed E-state index contributed by atoms with van der Waals surface area (Å²) in [5.41, 5.74) is 6.95. The Morgan fingerprint density at radius 3 is 2.36 bits per heavy atom. The molecule has 0 saturated carbocycles. The predicted molar refractivity (Wildman–Crippen MR) is 88.5 cm³/mol. The molecular formula is C18H17F2N3O2. The number of nitrogens with one attached hydrogen (secondary N) is 1. The number of benzene rings is 2. The lowest BCUT2D eigenvalue weighted by atomic mass is 9.93. The number of halogens is 2. The summed E-state index contributed by atoms with van der Waals surface area (Å²) >= 11 is 0. The van der Waals surface area contributed by atoms with Crippen molar-refractivity contribution in [3.05, 3.63) is 65.2 Å². The minimum Gasteiger partial charge on any atom is -0.368 e. The second-order valence-corrected chi connectivity index (χ2v) is 5.94. The van der Waals surface area contributed by atoms with Gasteiger partial charge in [-0.3, -0.25) is 14.5 Å². The number of hydrogen-bond donors (Lipinski definition) is 2. The number of anilines is 1. The summed E-state index contributed by atoms with van der Waals surface area (Å²) in [6.07, 6.45) is 0.396. The van der Waals surface area contributed by atoms with Crippen molar-refractivity contribution in [3.8, 4) is 0 Å². The largest absolute Gasteiger partial charge is 0.368 e. The number of fused-ring (bicyclic) bond motifs is 1. The predicted octanol–water partition coefficient (Wildman–Crippen LogP) is 1.82. The van der Waals surface area contributed by atoms with Crippen LogP contribution in [0, 0.1) is 11.6 Å². The van der Waals surface area contributed by atoms with Crippen LogP contribution < -0.4 is 11.1 Å². The van der Waals surface area contributed by atoms with Crippen LogP contribution in [0.2, 0.25) is 0 Å². The van der Waals surface area contributed by atoms with Crippen molar-refractivity contribution in [1.29, 1.82) is 0 Å². The summed E-state index contributed by atoms with van der Waals surface area (Å²) in [4.78, 5) is 25.6. The summed E-state index contributed by atoms with van der Waals surface area (Å²) < 4.78 is 27.3. The van der Waals surface area contributed by atoms with Crippen LogP contribution in [-0.4, -0.2) is 29.3 Å². The van der Waals surface area contributed by atoms with Gasteiger partial charge in [0, 0.05) is 6.54 Å². The Bertz CT molecular complexity index is 805. The van der Waals surface area contributed by atoms with Gasteiger partial charge in [-0.2, -0.15) is 0 Å². The monoisotopic (exact) mass is 345 g/mol. The number of amides is 2. The number of primary amides is 1. The summed E-state index contributed by atoms with van der Waals surface area (Å²) in [5, 5.41) is 2.23. The topological polar surface area (TPSA) is 75.4 Å². The fraction of sp³-hybridized carbons (Fsp3) is 0.222. The van der Waals surface area contributed by atoms with Crippen LogP contribution in [0.5, 0.6) is 0 Å². The molecule has 25 heavy (non-hydrogen) atoms. The van der Waals surface area contributed by atoms with E-state index in [0.29, 0.717) is 13.0 Å². The molecular weight excluding hydrogens is 328 g/mol. The van der Waals surface area contributed by atoms with Gasteiger partial charge in [-0.15, -0.1) is 0 Å². The minimum atomic E-state index is -0.858. The first kappa shape index (κ1) is 17.0. The Labute approximate surface area is 143 Å². The van der Waals surface area contributed by atoms with Crippen LogP contribution in [0.25, 0.3) is 0 Å². The number of carbonyl (C=O) groups excluding carboxylic acids is 2. The van der Waals surface area contributed by atoms with Gasteiger partial charge in [-0.05, 0) is 29.7 Å². The highest BCUT2D eigenvalue weighted by Gasteiger charge is 2.31. The summed E-state index contributed by atoms with van der Waals surface area (Å²) in [6, 6.07) is 10.3. The van der Waals surface area contributed by atoms with Gasteiger partial charge in [0.25, 0.3) is 0 Å². The molecule has 0 spiro atoms. The van der Waals surface area contributed by atoms with E-state index in [1.54, 1.807) is 4.90 Å². The molecule has 0 aliphatic carbocycles. The molecule has 0 bridgehead atoms. The highest BCUT2D eigenvalue weighted by Crippen LogP contribution is 2.23. The van der Waals surface area contributed by atoms with Crippen molar-refractivity contribution in [2.45, 2.75) is 19.0 Å². The van der Waals surface area contributed by atoms with Crippen molar-refractivity contribution >= 4 is 17.5 Å². The summed E-state index contributed by atoms with van der Waals surface area (Å²) in [7, 11) is 0. The Morgan fingerprint density at radius 1 is 1.08 bits per heavy atom. The molecule has 3 N–H and O–H groups in total. The molecule has 2 aromatic carbocycles. The Balaban J connectivity index is 1.76. The molecule has 0 radical (unpaired) electrons. The molecule has 0 unspecified atom stereocenters. The molecule has 1 aliphatic heterocycles. The zero-order valence-corrected chi connectivity index (χ0v) is 13.3. The van der Waals surface area contributed by atoms with E-state index < -0.39 is 35.2 Å². The number of carbonyl (C=O) groups is 2. The summed E-state index contributed by atoms with van der Waals surface area (Å²) in [6.45, 7) is 0.159. The average molecular weight is 345 g/mol. The number of nitrogens with two attached hydrogens (primary N) is 1. The van der Waals surface area contributed by atoms with E-state index >= 15 is 0 Å². The van der Waals surface area contributed by atoms with Gasteiger partial charge in [0.15, 0.2) is 0 Å². The van der Waals surface area contributed by atoms with Crippen molar-refractivity contribution in [1.82, 2.24) is 4.90 Å². The van der Waals surface area contributed by atoms with Gasteiger partial charge in [0.1, 0.15) is 17.3 Å². The highest BCUT2D eigenvalue weighted by atomic mass is 19.1. The highest BCUT2D eigenvalue weighted by molar-refractivity contribution is 5.93. The van der Waals surface area contributed by atoms with Gasteiger partial charge in [0.05, 0.1) is 12.6 Å². The molecule has 130 valence electrons. The molecule has 0 fully saturated rings. The zero-order valence-electron chi connectivity index (χ0n) is 13.3. The molecule has 1 atom stereocenters. The second-order valence-electron chi connectivity index (χ2n) is 5.94. The average Bonchev–Trinajstić information content (AvgIpc) is 2.57. The molecule has 7 heteroatoms. The standard InChI is InChI=1S/C18H17F2N3O2/c19-13-6-3-7-14(20)17(13)22-16(24)10-23-9-12-5-2-1-4-11(12)8-15(23)18(21)25/h1-7,15H,8-10H2,(H2,21,25)(H,22,24)/t15-/m1/s1. The second kappa shape index (κ2) is 6.98. The van der Waals surface area contributed by atoms with Crippen molar-refractivity contribution in [2.75, 3.05) is 11.9 Å². The zero-order chi connectivity index (χ0) is 18.0. The van der Waals surface area contributed by atoms with Gasteiger partial charge in [-0.25, -0.2) is 8.78 Å². The Kier molecular flexibility index (Phi) is 4.76. The van der Waals surface area contributed by atoms with E-state index in [2.05, 4.69) is 5.32 Å². The third-order valence-corrected chi connectivity index (χ3v) is 4.25. The number of nitrogens with zero attached hydrogens (tertiary/aromatic N) is 1. The number of rotatable bonds is 4. The normalized spacial score (nSPS) is 17.0. The number of para-hydroxylation sites is 1. The summed E-state index contributed by atoms with van der Waals surface area (Å²) in [5.74, 6) is -2.87. The SMILES string of the molecule is NC(=O)[C@H]1Cc2ccccc2CN1CC(=O)Nc1c(F)cccc1F. The molecule has 2 aromatic rings. The lowest BCUT2D eigenvalue weighted by Crippen LogP contribution is -2.51. The maximum atomic E-state index is 13.6. The van der Waals surface area contributed by atoms with Crippen LogP contribution in [-0.2, 0) is 22.6 Å². The molecule has 0 saturated heterocycles. The van der Waals surface area contributed by atoms with Crippen molar-refractivity contribution in [2.24, 2.45) is 5.73 Å². The fourth-order valence-electron chi connectivity index (χ4n) is 3.00. The first-order valence-corrected chi connectivity index (χ1v) is 7.79. The maximum absolute atomic E-state index is 13.6. The molecule has 2 amide bonds. The van der Waals surface area contributed by atoms with Crippen LogP contribution in [0.15, 0.2) is 42.5 Å². The molecule has 1 heterocycles. The molecule has 1 aliphatic rings. The van der Waals surface area contributed by atoms with Crippen LogP contribution in [0.4, 0.5) is 14.5 Å². The van der Waals surface area contributed by atoms with Crippen molar-refractivity contribution < 1.29 is 18.4 Å². The van der Waals surface area contributed by atoms with Gasteiger partial charge < -0.3 is 11.1 Å². The lowest BCUT2D eigenvalue weighted by molar-refractivity contribution is -0.125. The first-order valence-electron chi connectivity index (χ1n) is 7.79. The van der Waals surface area contributed by atoms with Gasteiger partial charge in [0.2, 0.25) is 11.8 Å². The number of hydrogen-bond acceptors (Lipinski definition) is 3. The van der Waals surface area contributed by atoms with Gasteiger partial charge >= 0.3 is 0 Å². The quantitative estimate of drug-likeness (QED) is 0.887. The van der Waals surface area contributed by atoms with E-state index in [1.165, 1.54) is 6.07 Å². The van der Waals surface area contributed by atoms with Crippen LogP contribution >= 0.6 is 0 Å². The minimum absolute atomic E-state index is 0.199. The van der Waals surface area contributed by atoms with E-state index in [9.17, 15) is 18.4 Å². The Morgan fingerprint density at radius 2 is 1.72 bits per heavy atom. The molecule has 0 aromatic heterocycles. The third kappa shape index (κ3) is 3.66. The lowest BCUT2D eigenvalue weighted by Gasteiger charge is -2.34. The first-order chi connectivity index (χ1) is 12.0. The Hall–Kier alpha value is -2.80. The smallest absolute Gasteiger partial charge is 0.238 e. The van der Waals surface area contributed by atoms with E-state index in [-0.39, 0.29) is 6.54 Å². The molecule has 5 nitrogen and oxygen atoms in total. The van der Waals surface area contributed by atoms with E-state index in [1.807, 2.05) is 24.3 Å². The van der Waals surface area contributed by atoms with E-state index in [4.69, 9.17) is 5.73 Å². The van der Waals surface area contributed by atoms with Gasteiger partial charge in [-0.1, -0.05) is 30.3 Å². The van der Waals surface area contributed by atoms with Crippen LogP contribution in [0.1, 0.15) is 11.1 Å². The van der Waals surface area contributed by atoms with Crippen molar-refractivity contribution in [3.63, 3.8) is 0 Å². The third-order valence-electron chi connectivity index (χ3n) is 4.25. The van der Waals surface area contributed by atoms with E-state index in [0.717, 1.165) is 23.3 Å². The fourth-order valence-corrected chi connectivity index (χ4v) is 3.00.